The Labute approximate surface area is 111 Å². The van der Waals surface area contributed by atoms with E-state index in [1.54, 1.807) is 23.2 Å². The molecule has 1 aliphatic rings. The highest BCUT2D eigenvalue weighted by molar-refractivity contribution is 7.89. The van der Waals surface area contributed by atoms with Gasteiger partial charge in [0.15, 0.2) is 0 Å². The van der Waals surface area contributed by atoms with Crippen molar-refractivity contribution in [3.63, 3.8) is 0 Å². The molecule has 2 heterocycles. The number of hydrogen-bond donors (Lipinski definition) is 1. The fraction of sp³-hybridized carbons (Fsp3) is 0.545. The monoisotopic (exact) mass is 288 g/mol. The summed E-state index contributed by atoms with van der Waals surface area (Å²) in [7, 11) is -3.30. The molecular weight excluding hydrogens is 272 g/mol. The van der Waals surface area contributed by atoms with Crippen LogP contribution in [0.3, 0.4) is 0 Å². The second-order valence-corrected chi connectivity index (χ2v) is 7.26. The minimum absolute atomic E-state index is 0.00500. The molecule has 1 amide bonds. The molecule has 1 N–H and O–H groups in total. The summed E-state index contributed by atoms with van der Waals surface area (Å²) in [6, 6.07) is 2.02. The molecule has 1 aliphatic heterocycles. The van der Waals surface area contributed by atoms with Gasteiger partial charge in [0, 0.05) is 18.0 Å². The number of sulfonamides is 1. The molecule has 0 saturated heterocycles. The third kappa shape index (κ3) is 3.09. The van der Waals surface area contributed by atoms with Gasteiger partial charge in [-0.05, 0) is 30.4 Å². The van der Waals surface area contributed by atoms with Crippen molar-refractivity contribution in [2.45, 2.75) is 19.9 Å². The Balaban J connectivity index is 1.92. The van der Waals surface area contributed by atoms with Gasteiger partial charge in [0.1, 0.15) is 0 Å². The Hall–Kier alpha value is -0.920. The minimum atomic E-state index is -3.30. The Morgan fingerprint density at radius 1 is 1.56 bits per heavy atom. The SMILES string of the molecule is CCS(=O)(=O)NCC(=O)N1CCc2sccc2C1. The van der Waals surface area contributed by atoms with E-state index in [2.05, 4.69) is 4.72 Å². The van der Waals surface area contributed by atoms with E-state index in [1.165, 1.54) is 10.4 Å². The van der Waals surface area contributed by atoms with Crippen LogP contribution >= 0.6 is 11.3 Å². The Morgan fingerprint density at radius 2 is 2.33 bits per heavy atom. The van der Waals surface area contributed by atoms with Crippen LogP contribution in [0.2, 0.25) is 0 Å². The van der Waals surface area contributed by atoms with Crippen molar-refractivity contribution in [1.82, 2.24) is 9.62 Å². The van der Waals surface area contributed by atoms with E-state index in [-0.39, 0.29) is 18.2 Å². The van der Waals surface area contributed by atoms with Gasteiger partial charge < -0.3 is 4.90 Å². The lowest BCUT2D eigenvalue weighted by Crippen LogP contribution is -2.42. The number of fused-ring (bicyclic) bond motifs is 1. The lowest BCUT2D eigenvalue weighted by Gasteiger charge is -2.27. The summed E-state index contributed by atoms with van der Waals surface area (Å²) in [5.41, 5.74) is 1.18. The quantitative estimate of drug-likeness (QED) is 0.881. The lowest BCUT2D eigenvalue weighted by atomic mass is 10.1. The molecule has 0 aliphatic carbocycles. The lowest BCUT2D eigenvalue weighted by molar-refractivity contribution is -0.130. The zero-order chi connectivity index (χ0) is 13.2. The van der Waals surface area contributed by atoms with Gasteiger partial charge in [0.05, 0.1) is 12.3 Å². The maximum Gasteiger partial charge on any atom is 0.237 e. The third-order valence-corrected chi connectivity index (χ3v) is 5.35. The van der Waals surface area contributed by atoms with Crippen LogP contribution in [0.4, 0.5) is 0 Å². The van der Waals surface area contributed by atoms with Crippen LogP contribution in [0.15, 0.2) is 11.4 Å². The molecule has 0 spiro atoms. The zero-order valence-corrected chi connectivity index (χ0v) is 11.8. The molecule has 1 aromatic heterocycles. The Bertz CT molecular complexity index is 536. The largest absolute Gasteiger partial charge is 0.337 e. The fourth-order valence-electron chi connectivity index (χ4n) is 1.85. The summed E-state index contributed by atoms with van der Waals surface area (Å²) in [5.74, 6) is -0.168. The summed E-state index contributed by atoms with van der Waals surface area (Å²) in [5, 5.41) is 2.03. The Morgan fingerprint density at radius 3 is 3.06 bits per heavy atom. The van der Waals surface area contributed by atoms with Crippen LogP contribution in [0.25, 0.3) is 0 Å². The maximum atomic E-state index is 11.9. The van der Waals surface area contributed by atoms with E-state index in [4.69, 9.17) is 0 Å². The van der Waals surface area contributed by atoms with Gasteiger partial charge in [-0.3, -0.25) is 4.79 Å². The summed E-state index contributed by atoms with van der Waals surface area (Å²) in [6.45, 7) is 2.66. The molecule has 0 radical (unpaired) electrons. The molecule has 7 heteroatoms. The van der Waals surface area contributed by atoms with E-state index in [0.717, 1.165) is 6.42 Å². The van der Waals surface area contributed by atoms with Crippen molar-refractivity contribution < 1.29 is 13.2 Å². The second kappa shape index (κ2) is 5.38. The third-order valence-electron chi connectivity index (χ3n) is 2.98. The molecule has 0 bridgehead atoms. The van der Waals surface area contributed by atoms with Gasteiger partial charge in [-0.1, -0.05) is 0 Å². The van der Waals surface area contributed by atoms with Crippen LogP contribution in [0.5, 0.6) is 0 Å². The number of nitrogens with zero attached hydrogens (tertiary/aromatic N) is 1. The molecule has 18 heavy (non-hydrogen) atoms. The van der Waals surface area contributed by atoms with E-state index in [0.29, 0.717) is 13.1 Å². The number of thiophene rings is 1. The number of hydrogen-bond acceptors (Lipinski definition) is 4. The number of nitrogens with one attached hydrogen (secondary N) is 1. The highest BCUT2D eigenvalue weighted by atomic mass is 32.2. The van der Waals surface area contributed by atoms with Crippen LogP contribution in [0.1, 0.15) is 17.4 Å². The molecule has 0 aromatic carbocycles. The van der Waals surface area contributed by atoms with Crippen LogP contribution < -0.4 is 4.72 Å². The van der Waals surface area contributed by atoms with Gasteiger partial charge in [-0.25, -0.2) is 13.1 Å². The van der Waals surface area contributed by atoms with Crippen molar-refractivity contribution in [3.05, 3.63) is 21.9 Å². The van der Waals surface area contributed by atoms with Crippen molar-refractivity contribution in [2.75, 3.05) is 18.8 Å². The topological polar surface area (TPSA) is 66.5 Å². The molecule has 1 aromatic rings. The molecule has 0 unspecified atom stereocenters. The number of rotatable bonds is 4. The van der Waals surface area contributed by atoms with Gasteiger partial charge in [0.25, 0.3) is 0 Å². The Kier molecular flexibility index (Phi) is 4.04. The normalized spacial score (nSPS) is 15.5. The van der Waals surface area contributed by atoms with Gasteiger partial charge in [-0.15, -0.1) is 11.3 Å². The van der Waals surface area contributed by atoms with Crippen molar-refractivity contribution in [3.8, 4) is 0 Å². The van der Waals surface area contributed by atoms with Gasteiger partial charge in [0.2, 0.25) is 15.9 Å². The van der Waals surface area contributed by atoms with Crippen LogP contribution in [0, 0.1) is 0 Å². The van der Waals surface area contributed by atoms with Crippen molar-refractivity contribution in [1.29, 1.82) is 0 Å². The predicted octanol–water partition coefficient (Wildman–Crippen LogP) is 0.572. The summed E-state index contributed by atoms with van der Waals surface area (Å²) < 4.78 is 24.8. The maximum absolute atomic E-state index is 11.9. The first kappa shape index (κ1) is 13.5. The number of carbonyl (C=O) groups is 1. The van der Waals surface area contributed by atoms with Gasteiger partial charge in [-0.2, -0.15) is 0 Å². The smallest absolute Gasteiger partial charge is 0.237 e. The minimum Gasteiger partial charge on any atom is -0.337 e. The first-order valence-corrected chi connectivity index (χ1v) is 8.35. The molecule has 5 nitrogen and oxygen atoms in total. The van der Waals surface area contributed by atoms with E-state index in [1.807, 2.05) is 11.4 Å². The summed E-state index contributed by atoms with van der Waals surface area (Å²) in [4.78, 5) is 14.9. The highest BCUT2D eigenvalue weighted by Gasteiger charge is 2.22. The van der Waals surface area contributed by atoms with Crippen molar-refractivity contribution in [2.24, 2.45) is 0 Å². The first-order chi connectivity index (χ1) is 8.52. The zero-order valence-electron chi connectivity index (χ0n) is 10.2. The van der Waals surface area contributed by atoms with E-state index >= 15 is 0 Å². The molecule has 100 valence electrons. The molecule has 0 saturated carbocycles. The number of amides is 1. The van der Waals surface area contributed by atoms with Gasteiger partial charge >= 0.3 is 0 Å². The average molecular weight is 288 g/mol. The number of carbonyl (C=O) groups excluding carboxylic acids is 1. The first-order valence-electron chi connectivity index (χ1n) is 5.82. The summed E-state index contributed by atoms with van der Waals surface area (Å²) >= 11 is 1.71. The van der Waals surface area contributed by atoms with E-state index in [9.17, 15) is 13.2 Å². The fourth-order valence-corrected chi connectivity index (χ4v) is 3.28. The molecule has 0 atom stereocenters. The van der Waals surface area contributed by atoms with Crippen molar-refractivity contribution >= 4 is 27.3 Å². The second-order valence-electron chi connectivity index (χ2n) is 4.16. The predicted molar refractivity (Wildman–Crippen MR) is 70.9 cm³/mol. The standard InChI is InChI=1S/C11H16N2O3S2/c1-2-18(15,16)12-7-11(14)13-5-3-10-9(8-13)4-6-17-10/h4,6,12H,2-3,5,7-8H2,1H3. The highest BCUT2D eigenvalue weighted by Crippen LogP contribution is 2.23. The van der Waals surface area contributed by atoms with Crippen LogP contribution in [-0.2, 0) is 27.8 Å². The summed E-state index contributed by atoms with van der Waals surface area (Å²) in [6.07, 6.45) is 0.860. The molecular formula is C11H16N2O3S2. The average Bonchev–Trinajstić information content (AvgIpc) is 2.83. The molecule has 0 fully saturated rings. The van der Waals surface area contributed by atoms with Crippen LogP contribution in [-0.4, -0.2) is 38.1 Å². The van der Waals surface area contributed by atoms with E-state index < -0.39 is 10.0 Å². The molecule has 2 rings (SSSR count).